The summed E-state index contributed by atoms with van der Waals surface area (Å²) < 4.78 is 9.38. The van der Waals surface area contributed by atoms with Crippen LogP contribution in [0.4, 0.5) is 0 Å². The molecule has 1 N–H and O–H groups in total. The predicted octanol–water partition coefficient (Wildman–Crippen LogP) is 2.12. The molecule has 0 saturated carbocycles. The van der Waals surface area contributed by atoms with Crippen molar-refractivity contribution in [2.45, 2.75) is 25.9 Å². The minimum Gasteiger partial charge on any atom is -0.493 e. The molecule has 18 heavy (non-hydrogen) atoms. The van der Waals surface area contributed by atoms with Crippen molar-refractivity contribution >= 4 is 11.5 Å². The van der Waals surface area contributed by atoms with Crippen molar-refractivity contribution < 1.29 is 9.84 Å². The molecule has 0 spiro atoms. The van der Waals surface area contributed by atoms with Crippen molar-refractivity contribution in [2.75, 3.05) is 6.61 Å². The molecule has 1 unspecified atom stereocenters. The molecular weight excluding hydrogens is 248 g/mol. The summed E-state index contributed by atoms with van der Waals surface area (Å²) in [4.78, 5) is 0.844. The number of benzene rings is 1. The van der Waals surface area contributed by atoms with Gasteiger partial charge in [-0.15, -0.1) is 5.10 Å². The number of hydrogen-bond donors (Lipinski definition) is 1. The van der Waals surface area contributed by atoms with Gasteiger partial charge in [0, 0.05) is 6.42 Å². The van der Waals surface area contributed by atoms with Crippen molar-refractivity contribution in [3.63, 3.8) is 0 Å². The maximum Gasteiger partial charge on any atom is 0.122 e. The fourth-order valence-electron chi connectivity index (χ4n) is 2.20. The molecule has 1 atom stereocenters. The summed E-state index contributed by atoms with van der Waals surface area (Å²) in [6, 6.07) is 5.86. The van der Waals surface area contributed by atoms with Gasteiger partial charge in [-0.05, 0) is 41.2 Å². The van der Waals surface area contributed by atoms with Crippen LogP contribution in [0, 0.1) is 0 Å². The molecular formula is C13H14N2O2S. The van der Waals surface area contributed by atoms with E-state index in [-0.39, 0.29) is 0 Å². The van der Waals surface area contributed by atoms with Gasteiger partial charge in [-0.2, -0.15) is 0 Å². The zero-order valence-corrected chi connectivity index (χ0v) is 10.9. The first-order chi connectivity index (χ1) is 8.79. The molecule has 0 fully saturated rings. The van der Waals surface area contributed by atoms with E-state index in [1.165, 1.54) is 17.1 Å². The highest BCUT2D eigenvalue weighted by Crippen LogP contribution is 2.32. The van der Waals surface area contributed by atoms with E-state index in [9.17, 15) is 5.11 Å². The number of aromatic nitrogens is 2. The van der Waals surface area contributed by atoms with Gasteiger partial charge >= 0.3 is 0 Å². The van der Waals surface area contributed by atoms with Gasteiger partial charge in [0.2, 0.25) is 0 Å². The summed E-state index contributed by atoms with van der Waals surface area (Å²) >= 11 is 1.27. The average molecular weight is 262 g/mol. The molecule has 1 aromatic heterocycles. The van der Waals surface area contributed by atoms with Crippen molar-refractivity contribution in [3.8, 4) is 5.75 Å². The van der Waals surface area contributed by atoms with Crippen LogP contribution in [0.5, 0.6) is 5.75 Å². The third kappa shape index (κ3) is 1.89. The number of fused-ring (bicyclic) bond motifs is 1. The molecule has 5 heteroatoms. The van der Waals surface area contributed by atoms with Crippen LogP contribution in [0.2, 0.25) is 0 Å². The average Bonchev–Trinajstić information content (AvgIpc) is 3.05. The third-order valence-electron chi connectivity index (χ3n) is 3.20. The SMILES string of the molecule is CCc1nnsc1C(O)c1ccc2c(c1)CCO2. The number of nitrogens with zero attached hydrogens (tertiary/aromatic N) is 2. The molecule has 1 aromatic carbocycles. The molecule has 0 bridgehead atoms. The normalized spacial score (nSPS) is 15.2. The van der Waals surface area contributed by atoms with Crippen LogP contribution >= 0.6 is 11.5 Å². The lowest BCUT2D eigenvalue weighted by Gasteiger charge is -2.11. The zero-order chi connectivity index (χ0) is 12.5. The second-order valence-corrected chi connectivity index (χ2v) is 5.09. The zero-order valence-electron chi connectivity index (χ0n) is 10.1. The van der Waals surface area contributed by atoms with Gasteiger partial charge < -0.3 is 9.84 Å². The summed E-state index contributed by atoms with van der Waals surface area (Å²) in [7, 11) is 0. The molecule has 3 rings (SSSR count). The van der Waals surface area contributed by atoms with Gasteiger partial charge in [0.05, 0.1) is 17.2 Å². The highest BCUT2D eigenvalue weighted by atomic mass is 32.1. The van der Waals surface area contributed by atoms with Crippen LogP contribution in [-0.4, -0.2) is 21.3 Å². The van der Waals surface area contributed by atoms with E-state index >= 15 is 0 Å². The molecule has 94 valence electrons. The van der Waals surface area contributed by atoms with E-state index in [0.29, 0.717) is 0 Å². The standard InChI is InChI=1S/C13H14N2O2S/c1-2-10-13(18-15-14-10)12(16)9-3-4-11-8(7-9)5-6-17-11/h3-4,7,12,16H,2,5-6H2,1H3. The summed E-state index contributed by atoms with van der Waals surface area (Å²) in [6.45, 7) is 2.75. The largest absolute Gasteiger partial charge is 0.493 e. The van der Waals surface area contributed by atoms with E-state index in [0.717, 1.165) is 41.3 Å². The second-order valence-electron chi connectivity index (χ2n) is 4.31. The lowest BCUT2D eigenvalue weighted by atomic mass is 10.0. The number of aliphatic hydroxyl groups excluding tert-OH is 1. The topological polar surface area (TPSA) is 55.2 Å². The number of aryl methyl sites for hydroxylation is 1. The van der Waals surface area contributed by atoms with E-state index in [4.69, 9.17) is 4.74 Å². The molecule has 1 aliphatic rings. The Balaban J connectivity index is 1.95. The minimum absolute atomic E-state index is 0.633. The lowest BCUT2D eigenvalue weighted by Crippen LogP contribution is -2.01. The Morgan fingerprint density at radius 3 is 3.22 bits per heavy atom. The molecule has 0 radical (unpaired) electrons. The first kappa shape index (κ1) is 11.6. The molecule has 0 aliphatic carbocycles. The van der Waals surface area contributed by atoms with Crippen molar-refractivity contribution in [2.24, 2.45) is 0 Å². The van der Waals surface area contributed by atoms with Gasteiger partial charge in [-0.3, -0.25) is 0 Å². The molecule has 0 saturated heterocycles. The Hall–Kier alpha value is -1.46. The van der Waals surface area contributed by atoms with Gasteiger partial charge in [-0.25, -0.2) is 0 Å². The minimum atomic E-state index is -0.633. The number of rotatable bonds is 3. The summed E-state index contributed by atoms with van der Waals surface area (Å²) in [6.07, 6.45) is 1.07. The van der Waals surface area contributed by atoms with Crippen LogP contribution in [-0.2, 0) is 12.8 Å². The molecule has 2 aromatic rings. The van der Waals surface area contributed by atoms with Crippen molar-refractivity contribution in [1.29, 1.82) is 0 Å². The van der Waals surface area contributed by atoms with E-state index < -0.39 is 6.10 Å². The first-order valence-electron chi connectivity index (χ1n) is 6.04. The van der Waals surface area contributed by atoms with Gasteiger partial charge in [0.15, 0.2) is 0 Å². The van der Waals surface area contributed by atoms with E-state index in [2.05, 4.69) is 9.59 Å². The Labute approximate surface area is 109 Å². The highest BCUT2D eigenvalue weighted by Gasteiger charge is 2.20. The Morgan fingerprint density at radius 1 is 1.50 bits per heavy atom. The fraction of sp³-hybridized carbons (Fsp3) is 0.385. The van der Waals surface area contributed by atoms with Crippen molar-refractivity contribution in [3.05, 3.63) is 39.9 Å². The maximum atomic E-state index is 10.4. The Kier molecular flexibility index (Phi) is 3.01. The van der Waals surface area contributed by atoms with Gasteiger partial charge in [0.1, 0.15) is 11.9 Å². The molecule has 0 amide bonds. The number of hydrogen-bond acceptors (Lipinski definition) is 5. The van der Waals surface area contributed by atoms with Gasteiger partial charge in [0.25, 0.3) is 0 Å². The lowest BCUT2D eigenvalue weighted by molar-refractivity contribution is 0.222. The van der Waals surface area contributed by atoms with Gasteiger partial charge in [-0.1, -0.05) is 17.5 Å². The third-order valence-corrected chi connectivity index (χ3v) is 4.02. The molecule has 2 heterocycles. The number of ether oxygens (including phenoxy) is 1. The fourth-order valence-corrected chi connectivity index (χ4v) is 2.95. The quantitative estimate of drug-likeness (QED) is 0.920. The van der Waals surface area contributed by atoms with E-state index in [1.54, 1.807) is 0 Å². The Bertz CT molecular complexity index is 568. The first-order valence-corrected chi connectivity index (χ1v) is 6.81. The van der Waals surface area contributed by atoms with Crippen LogP contribution < -0.4 is 4.74 Å². The second kappa shape index (κ2) is 4.66. The molecule has 1 aliphatic heterocycles. The summed E-state index contributed by atoms with van der Waals surface area (Å²) in [5, 5.41) is 14.5. The van der Waals surface area contributed by atoms with Crippen LogP contribution in [0.15, 0.2) is 18.2 Å². The smallest absolute Gasteiger partial charge is 0.122 e. The predicted molar refractivity (Wildman–Crippen MR) is 69.0 cm³/mol. The van der Waals surface area contributed by atoms with Crippen LogP contribution in [0.1, 0.15) is 34.7 Å². The van der Waals surface area contributed by atoms with Crippen LogP contribution in [0.3, 0.4) is 0 Å². The van der Waals surface area contributed by atoms with E-state index in [1.807, 2.05) is 25.1 Å². The molecule has 4 nitrogen and oxygen atoms in total. The van der Waals surface area contributed by atoms with Crippen LogP contribution in [0.25, 0.3) is 0 Å². The highest BCUT2D eigenvalue weighted by molar-refractivity contribution is 7.05. The monoisotopic (exact) mass is 262 g/mol. The summed E-state index contributed by atoms with van der Waals surface area (Å²) in [5.41, 5.74) is 2.94. The Morgan fingerprint density at radius 2 is 2.39 bits per heavy atom. The van der Waals surface area contributed by atoms with Crippen molar-refractivity contribution in [1.82, 2.24) is 9.59 Å². The summed E-state index contributed by atoms with van der Waals surface area (Å²) in [5.74, 6) is 0.934. The number of aliphatic hydroxyl groups is 1. The maximum absolute atomic E-state index is 10.4.